The Balaban J connectivity index is 2.27. The molecule has 13 heavy (non-hydrogen) atoms. The lowest BCUT2D eigenvalue weighted by atomic mass is 9.98. The van der Waals surface area contributed by atoms with Gasteiger partial charge < -0.3 is 5.11 Å². The zero-order chi connectivity index (χ0) is 9.26. The van der Waals surface area contributed by atoms with Gasteiger partial charge in [0.1, 0.15) is 5.82 Å². The normalized spacial score (nSPS) is 20.3. The van der Waals surface area contributed by atoms with Gasteiger partial charge in [-0.2, -0.15) is 0 Å². The Bertz CT molecular complexity index is 309. The first-order chi connectivity index (χ1) is 6.31. The number of halogens is 1. The summed E-state index contributed by atoms with van der Waals surface area (Å²) < 4.78 is 12.8. The van der Waals surface area contributed by atoms with Gasteiger partial charge >= 0.3 is 0 Å². The summed E-state index contributed by atoms with van der Waals surface area (Å²) >= 11 is 0. The monoisotopic (exact) mass is 180 g/mol. The molecule has 0 aliphatic heterocycles. The topological polar surface area (TPSA) is 20.2 Å². The molecular formula is C11H13FO. The van der Waals surface area contributed by atoms with Crippen LogP contribution in [0, 0.1) is 5.82 Å². The fourth-order valence-corrected chi connectivity index (χ4v) is 2.13. The molecule has 0 bridgehead atoms. The molecule has 0 fully saturated rings. The number of aliphatic hydroxyl groups is 1. The molecule has 1 aliphatic carbocycles. The second kappa shape index (κ2) is 3.46. The first-order valence-electron chi connectivity index (χ1n) is 4.70. The van der Waals surface area contributed by atoms with E-state index in [1.54, 1.807) is 6.07 Å². The highest BCUT2D eigenvalue weighted by molar-refractivity contribution is 5.35. The van der Waals surface area contributed by atoms with Gasteiger partial charge in [-0.15, -0.1) is 0 Å². The van der Waals surface area contributed by atoms with E-state index in [1.807, 2.05) is 6.07 Å². The third-order valence-electron chi connectivity index (χ3n) is 2.78. The van der Waals surface area contributed by atoms with Crippen molar-refractivity contribution in [3.05, 3.63) is 35.1 Å². The van der Waals surface area contributed by atoms with Crippen LogP contribution in [0.4, 0.5) is 4.39 Å². The highest BCUT2D eigenvalue weighted by Gasteiger charge is 2.21. The van der Waals surface area contributed by atoms with Gasteiger partial charge in [0.05, 0.1) is 0 Å². The molecule has 0 saturated heterocycles. The first kappa shape index (κ1) is 8.70. The number of aryl methyl sites for hydroxylation is 1. The Kier molecular flexibility index (Phi) is 2.32. The maximum absolute atomic E-state index is 12.8. The standard InChI is InChI=1S/C11H13FO/c12-10-3-4-11-8(5-6-13)1-2-9(11)7-10/h3-4,7-8,13H,1-2,5-6H2. The zero-order valence-electron chi connectivity index (χ0n) is 7.46. The molecule has 70 valence electrons. The van der Waals surface area contributed by atoms with E-state index in [4.69, 9.17) is 5.11 Å². The average Bonchev–Trinajstić information content (AvgIpc) is 2.49. The molecule has 2 heteroatoms. The number of fused-ring (bicyclic) bond motifs is 1. The molecule has 1 N–H and O–H groups in total. The van der Waals surface area contributed by atoms with Gasteiger partial charge in [-0.05, 0) is 48.4 Å². The van der Waals surface area contributed by atoms with Crippen LogP contribution in [0.3, 0.4) is 0 Å². The van der Waals surface area contributed by atoms with Gasteiger partial charge in [0.2, 0.25) is 0 Å². The maximum Gasteiger partial charge on any atom is 0.123 e. The van der Waals surface area contributed by atoms with Gasteiger partial charge in [0.15, 0.2) is 0 Å². The van der Waals surface area contributed by atoms with E-state index in [9.17, 15) is 4.39 Å². The number of hydrogen-bond acceptors (Lipinski definition) is 1. The van der Waals surface area contributed by atoms with Crippen molar-refractivity contribution in [3.8, 4) is 0 Å². The predicted octanol–water partition coefficient (Wildman–Crippen LogP) is 2.24. The first-order valence-corrected chi connectivity index (χ1v) is 4.70. The van der Waals surface area contributed by atoms with Gasteiger partial charge in [-0.3, -0.25) is 0 Å². The molecule has 1 atom stereocenters. The van der Waals surface area contributed by atoms with Crippen LogP contribution in [-0.4, -0.2) is 11.7 Å². The van der Waals surface area contributed by atoms with E-state index < -0.39 is 0 Å². The molecular weight excluding hydrogens is 167 g/mol. The van der Waals surface area contributed by atoms with E-state index in [-0.39, 0.29) is 12.4 Å². The Morgan fingerprint density at radius 2 is 2.31 bits per heavy atom. The lowest BCUT2D eigenvalue weighted by Gasteiger charge is -2.08. The van der Waals surface area contributed by atoms with Crippen molar-refractivity contribution in [3.63, 3.8) is 0 Å². The van der Waals surface area contributed by atoms with E-state index in [1.165, 1.54) is 11.6 Å². The zero-order valence-corrected chi connectivity index (χ0v) is 7.46. The second-order valence-corrected chi connectivity index (χ2v) is 3.59. The Morgan fingerprint density at radius 1 is 1.46 bits per heavy atom. The van der Waals surface area contributed by atoms with Crippen LogP contribution in [0.5, 0.6) is 0 Å². The molecule has 0 radical (unpaired) electrons. The van der Waals surface area contributed by atoms with E-state index >= 15 is 0 Å². The average molecular weight is 180 g/mol. The van der Waals surface area contributed by atoms with Gasteiger partial charge in [-0.1, -0.05) is 6.07 Å². The van der Waals surface area contributed by atoms with Crippen molar-refractivity contribution >= 4 is 0 Å². The van der Waals surface area contributed by atoms with Crippen LogP contribution in [0.2, 0.25) is 0 Å². The summed E-state index contributed by atoms with van der Waals surface area (Å²) in [4.78, 5) is 0. The van der Waals surface area contributed by atoms with Crippen molar-refractivity contribution < 1.29 is 9.50 Å². The molecule has 1 aromatic carbocycles. The third-order valence-corrected chi connectivity index (χ3v) is 2.78. The van der Waals surface area contributed by atoms with Crippen molar-refractivity contribution in [1.82, 2.24) is 0 Å². The van der Waals surface area contributed by atoms with Gasteiger partial charge in [0, 0.05) is 6.61 Å². The minimum atomic E-state index is -0.150. The Morgan fingerprint density at radius 3 is 3.08 bits per heavy atom. The molecule has 0 spiro atoms. The van der Waals surface area contributed by atoms with E-state index in [0.29, 0.717) is 5.92 Å². The lowest BCUT2D eigenvalue weighted by Crippen LogP contribution is -1.96. The van der Waals surface area contributed by atoms with Crippen LogP contribution in [-0.2, 0) is 6.42 Å². The number of rotatable bonds is 2. The van der Waals surface area contributed by atoms with E-state index in [0.717, 1.165) is 24.8 Å². The van der Waals surface area contributed by atoms with Crippen LogP contribution in [0.25, 0.3) is 0 Å². The van der Waals surface area contributed by atoms with Crippen LogP contribution in [0.15, 0.2) is 18.2 Å². The number of hydrogen-bond donors (Lipinski definition) is 1. The fraction of sp³-hybridized carbons (Fsp3) is 0.455. The maximum atomic E-state index is 12.8. The summed E-state index contributed by atoms with van der Waals surface area (Å²) in [6.07, 6.45) is 2.82. The molecule has 0 aromatic heterocycles. The highest BCUT2D eigenvalue weighted by Crippen LogP contribution is 2.35. The summed E-state index contributed by atoms with van der Waals surface area (Å²) in [5.74, 6) is 0.295. The molecule has 2 rings (SSSR count). The summed E-state index contributed by atoms with van der Waals surface area (Å²) in [6, 6.07) is 4.99. The summed E-state index contributed by atoms with van der Waals surface area (Å²) in [5, 5.41) is 8.83. The molecule has 0 amide bonds. The highest BCUT2D eigenvalue weighted by atomic mass is 19.1. The molecule has 0 heterocycles. The lowest BCUT2D eigenvalue weighted by molar-refractivity contribution is 0.275. The second-order valence-electron chi connectivity index (χ2n) is 3.59. The largest absolute Gasteiger partial charge is 0.396 e. The quantitative estimate of drug-likeness (QED) is 0.740. The summed E-state index contributed by atoms with van der Waals surface area (Å²) in [6.45, 7) is 0.224. The molecule has 1 unspecified atom stereocenters. The Hall–Kier alpha value is -0.890. The van der Waals surface area contributed by atoms with Crippen LogP contribution in [0.1, 0.15) is 29.9 Å². The molecule has 1 aliphatic rings. The van der Waals surface area contributed by atoms with Crippen molar-refractivity contribution in [2.75, 3.05) is 6.61 Å². The van der Waals surface area contributed by atoms with Crippen molar-refractivity contribution in [2.24, 2.45) is 0 Å². The van der Waals surface area contributed by atoms with Crippen molar-refractivity contribution in [1.29, 1.82) is 0 Å². The summed E-state index contributed by atoms with van der Waals surface area (Å²) in [7, 11) is 0. The predicted molar refractivity (Wildman–Crippen MR) is 49.2 cm³/mol. The van der Waals surface area contributed by atoms with E-state index in [2.05, 4.69) is 0 Å². The molecule has 1 aromatic rings. The molecule has 0 saturated carbocycles. The number of benzene rings is 1. The minimum absolute atomic E-state index is 0.150. The van der Waals surface area contributed by atoms with Gasteiger partial charge in [0.25, 0.3) is 0 Å². The summed E-state index contributed by atoms with van der Waals surface area (Å²) in [5.41, 5.74) is 2.36. The van der Waals surface area contributed by atoms with Crippen LogP contribution >= 0.6 is 0 Å². The third kappa shape index (κ3) is 1.59. The molecule has 1 nitrogen and oxygen atoms in total. The van der Waals surface area contributed by atoms with Gasteiger partial charge in [-0.25, -0.2) is 4.39 Å². The fourth-order valence-electron chi connectivity index (χ4n) is 2.13. The Labute approximate surface area is 77.2 Å². The smallest absolute Gasteiger partial charge is 0.123 e. The minimum Gasteiger partial charge on any atom is -0.396 e. The number of aliphatic hydroxyl groups excluding tert-OH is 1. The SMILES string of the molecule is OCCC1CCc2cc(F)ccc21. The van der Waals surface area contributed by atoms with Crippen LogP contribution < -0.4 is 0 Å². The van der Waals surface area contributed by atoms with Crippen molar-refractivity contribution in [2.45, 2.75) is 25.2 Å².